The molecule has 0 aliphatic carbocycles. The summed E-state index contributed by atoms with van der Waals surface area (Å²) in [4.78, 5) is 26.1. The monoisotopic (exact) mass is 459 g/mol. The number of anilines is 1. The fraction of sp³-hybridized carbons (Fsp3) is 0.391. The SMILES string of the molecule is CCOc1ccc(S(=O)(=O)N(CC(=O)N2CCC(C(N)=O)CC2)c2ccc(C)cc2)cc1. The van der Waals surface area contributed by atoms with Crippen molar-refractivity contribution in [2.75, 3.05) is 30.5 Å². The topological polar surface area (TPSA) is 110 Å². The molecule has 0 aromatic heterocycles. The first-order valence-electron chi connectivity index (χ1n) is 10.6. The number of carbonyl (C=O) groups is 2. The molecule has 2 amide bonds. The van der Waals surface area contributed by atoms with Gasteiger partial charge in [0.2, 0.25) is 11.8 Å². The Labute approximate surface area is 189 Å². The largest absolute Gasteiger partial charge is 0.494 e. The van der Waals surface area contributed by atoms with E-state index in [9.17, 15) is 18.0 Å². The normalized spacial score (nSPS) is 14.8. The lowest BCUT2D eigenvalue weighted by Gasteiger charge is -2.33. The van der Waals surface area contributed by atoms with E-state index in [0.29, 0.717) is 44.0 Å². The Balaban J connectivity index is 1.86. The van der Waals surface area contributed by atoms with Crippen molar-refractivity contribution in [1.82, 2.24) is 4.90 Å². The van der Waals surface area contributed by atoms with Crippen LogP contribution in [-0.2, 0) is 19.6 Å². The molecule has 0 unspecified atom stereocenters. The number of amides is 2. The third kappa shape index (κ3) is 5.40. The number of benzene rings is 2. The molecule has 1 aliphatic rings. The quantitative estimate of drug-likeness (QED) is 0.651. The van der Waals surface area contributed by atoms with Crippen LogP contribution in [0.2, 0.25) is 0 Å². The molecule has 3 rings (SSSR count). The predicted octanol–water partition coefficient (Wildman–Crippen LogP) is 2.31. The van der Waals surface area contributed by atoms with Crippen LogP contribution in [0.25, 0.3) is 0 Å². The number of sulfonamides is 1. The Morgan fingerprint density at radius 2 is 1.66 bits per heavy atom. The maximum Gasteiger partial charge on any atom is 0.264 e. The Bertz CT molecular complexity index is 1040. The molecule has 172 valence electrons. The van der Waals surface area contributed by atoms with E-state index < -0.39 is 10.0 Å². The second-order valence-corrected chi connectivity index (χ2v) is 9.67. The second-order valence-electron chi connectivity index (χ2n) is 7.81. The van der Waals surface area contributed by atoms with Crippen LogP contribution in [0, 0.1) is 12.8 Å². The Morgan fingerprint density at radius 1 is 1.06 bits per heavy atom. The molecule has 2 N–H and O–H groups in total. The molecule has 0 radical (unpaired) electrons. The highest BCUT2D eigenvalue weighted by atomic mass is 32.2. The summed E-state index contributed by atoms with van der Waals surface area (Å²) in [5.41, 5.74) is 6.76. The molecule has 1 fully saturated rings. The van der Waals surface area contributed by atoms with Crippen molar-refractivity contribution in [3.05, 3.63) is 54.1 Å². The molecule has 1 heterocycles. The van der Waals surface area contributed by atoms with Crippen LogP contribution in [0.5, 0.6) is 5.75 Å². The fourth-order valence-electron chi connectivity index (χ4n) is 3.66. The van der Waals surface area contributed by atoms with Crippen molar-refractivity contribution in [2.45, 2.75) is 31.6 Å². The van der Waals surface area contributed by atoms with Gasteiger partial charge in [-0.25, -0.2) is 8.42 Å². The van der Waals surface area contributed by atoms with Crippen LogP contribution in [0.1, 0.15) is 25.3 Å². The average Bonchev–Trinajstić information content (AvgIpc) is 2.78. The van der Waals surface area contributed by atoms with E-state index in [1.54, 1.807) is 41.3 Å². The molecule has 0 spiro atoms. The van der Waals surface area contributed by atoms with Crippen LogP contribution in [0.4, 0.5) is 5.69 Å². The lowest BCUT2D eigenvalue weighted by atomic mass is 9.96. The first-order chi connectivity index (χ1) is 15.2. The first-order valence-corrected chi connectivity index (χ1v) is 12.1. The number of nitrogens with zero attached hydrogens (tertiary/aromatic N) is 2. The third-order valence-corrected chi connectivity index (χ3v) is 7.36. The molecule has 1 saturated heterocycles. The predicted molar refractivity (Wildman–Crippen MR) is 122 cm³/mol. The summed E-state index contributed by atoms with van der Waals surface area (Å²) in [7, 11) is -4.00. The Kier molecular flexibility index (Phi) is 7.40. The minimum absolute atomic E-state index is 0.0711. The van der Waals surface area contributed by atoms with Gasteiger partial charge in [0.15, 0.2) is 0 Å². The zero-order chi connectivity index (χ0) is 23.3. The van der Waals surface area contributed by atoms with Crippen molar-refractivity contribution >= 4 is 27.5 Å². The molecule has 1 aliphatic heterocycles. The summed E-state index contributed by atoms with van der Waals surface area (Å²) < 4.78 is 33.5. The smallest absolute Gasteiger partial charge is 0.264 e. The van der Waals surface area contributed by atoms with Gasteiger partial charge in [0.1, 0.15) is 12.3 Å². The molecule has 0 atom stereocenters. The van der Waals surface area contributed by atoms with E-state index in [-0.39, 0.29) is 29.2 Å². The van der Waals surface area contributed by atoms with Gasteiger partial charge in [-0.1, -0.05) is 17.7 Å². The number of ether oxygens (including phenoxy) is 1. The maximum atomic E-state index is 13.5. The second kappa shape index (κ2) is 10.0. The minimum Gasteiger partial charge on any atom is -0.494 e. The number of hydrogen-bond acceptors (Lipinski definition) is 5. The Morgan fingerprint density at radius 3 is 2.19 bits per heavy atom. The molecule has 8 nitrogen and oxygen atoms in total. The fourth-order valence-corrected chi connectivity index (χ4v) is 5.08. The van der Waals surface area contributed by atoms with E-state index in [4.69, 9.17) is 10.5 Å². The zero-order valence-electron chi connectivity index (χ0n) is 18.4. The number of piperidine rings is 1. The number of rotatable bonds is 8. The van der Waals surface area contributed by atoms with Gasteiger partial charge < -0.3 is 15.4 Å². The lowest BCUT2D eigenvalue weighted by molar-refractivity contribution is -0.133. The van der Waals surface area contributed by atoms with Crippen LogP contribution in [-0.4, -0.2) is 51.4 Å². The highest BCUT2D eigenvalue weighted by Crippen LogP contribution is 2.26. The summed E-state index contributed by atoms with van der Waals surface area (Å²) in [6, 6.07) is 13.1. The van der Waals surface area contributed by atoms with E-state index in [2.05, 4.69) is 0 Å². The number of hydrogen-bond donors (Lipinski definition) is 1. The van der Waals surface area contributed by atoms with Gasteiger partial charge in [0.25, 0.3) is 10.0 Å². The van der Waals surface area contributed by atoms with Crippen molar-refractivity contribution < 1.29 is 22.7 Å². The van der Waals surface area contributed by atoms with Gasteiger partial charge in [-0.15, -0.1) is 0 Å². The summed E-state index contributed by atoms with van der Waals surface area (Å²) in [6.45, 7) is 4.64. The van der Waals surface area contributed by atoms with E-state index >= 15 is 0 Å². The van der Waals surface area contributed by atoms with Gasteiger partial charge in [0, 0.05) is 19.0 Å². The van der Waals surface area contributed by atoms with Crippen LogP contribution in [0.15, 0.2) is 53.4 Å². The van der Waals surface area contributed by atoms with Crippen LogP contribution < -0.4 is 14.8 Å². The number of aryl methyl sites for hydroxylation is 1. The minimum atomic E-state index is -4.00. The van der Waals surface area contributed by atoms with Gasteiger partial charge in [-0.2, -0.15) is 0 Å². The van der Waals surface area contributed by atoms with Gasteiger partial charge in [0.05, 0.1) is 17.2 Å². The number of carbonyl (C=O) groups excluding carboxylic acids is 2. The average molecular weight is 460 g/mol. The van der Waals surface area contributed by atoms with Crippen molar-refractivity contribution in [3.63, 3.8) is 0 Å². The van der Waals surface area contributed by atoms with E-state index in [1.165, 1.54) is 12.1 Å². The summed E-state index contributed by atoms with van der Waals surface area (Å²) in [5.74, 6) is -0.360. The van der Waals surface area contributed by atoms with Gasteiger partial charge in [-0.3, -0.25) is 13.9 Å². The highest BCUT2D eigenvalue weighted by molar-refractivity contribution is 7.92. The molecule has 0 bridgehead atoms. The summed E-state index contributed by atoms with van der Waals surface area (Å²) in [5, 5.41) is 0. The molecule has 2 aromatic carbocycles. The van der Waals surface area contributed by atoms with Crippen molar-refractivity contribution in [3.8, 4) is 5.75 Å². The van der Waals surface area contributed by atoms with Gasteiger partial charge >= 0.3 is 0 Å². The lowest BCUT2D eigenvalue weighted by Crippen LogP contribution is -2.47. The number of primary amides is 1. The van der Waals surface area contributed by atoms with Gasteiger partial charge in [-0.05, 0) is 63.1 Å². The number of nitrogens with two attached hydrogens (primary N) is 1. The molecule has 9 heteroatoms. The van der Waals surface area contributed by atoms with E-state index in [1.807, 2.05) is 13.8 Å². The molecule has 0 saturated carbocycles. The van der Waals surface area contributed by atoms with Crippen molar-refractivity contribution in [1.29, 1.82) is 0 Å². The molecular weight excluding hydrogens is 430 g/mol. The van der Waals surface area contributed by atoms with E-state index in [0.717, 1.165) is 9.87 Å². The zero-order valence-corrected chi connectivity index (χ0v) is 19.2. The van der Waals surface area contributed by atoms with Crippen molar-refractivity contribution in [2.24, 2.45) is 11.7 Å². The third-order valence-electron chi connectivity index (χ3n) is 5.57. The number of likely N-dealkylation sites (tertiary alicyclic amines) is 1. The summed E-state index contributed by atoms with van der Waals surface area (Å²) >= 11 is 0. The maximum absolute atomic E-state index is 13.5. The molecule has 32 heavy (non-hydrogen) atoms. The standard InChI is InChI=1S/C23H29N3O5S/c1-3-31-20-8-10-21(11-9-20)32(29,30)26(19-6-4-17(2)5-7-19)16-22(27)25-14-12-18(13-15-25)23(24)28/h4-11,18H,3,12-16H2,1-2H3,(H2,24,28). The van der Waals surface area contributed by atoms with Crippen LogP contribution >= 0.6 is 0 Å². The Hall–Kier alpha value is -3.07. The highest BCUT2D eigenvalue weighted by Gasteiger charge is 2.31. The molecule has 2 aromatic rings. The molecular formula is C23H29N3O5S. The summed E-state index contributed by atoms with van der Waals surface area (Å²) in [6.07, 6.45) is 0.967. The first kappa shape index (κ1) is 23.6. The van der Waals surface area contributed by atoms with Crippen LogP contribution in [0.3, 0.4) is 0 Å².